The summed E-state index contributed by atoms with van der Waals surface area (Å²) in [5, 5.41) is 13.7. The maximum Gasteiger partial charge on any atom is 0.254 e. The Kier molecular flexibility index (Phi) is 5.48. The van der Waals surface area contributed by atoms with Crippen molar-refractivity contribution in [2.45, 2.75) is 32.0 Å². The number of aromatic nitrogens is 5. The van der Waals surface area contributed by atoms with Gasteiger partial charge in [0.25, 0.3) is 5.56 Å². The van der Waals surface area contributed by atoms with Gasteiger partial charge in [-0.2, -0.15) is 0 Å². The number of pyridine rings is 1. The van der Waals surface area contributed by atoms with Crippen molar-refractivity contribution in [2.75, 3.05) is 12.0 Å². The maximum absolute atomic E-state index is 13.6. The number of H-pyrrole nitrogens is 1. The highest BCUT2D eigenvalue weighted by Gasteiger charge is 2.37. The molecule has 0 amide bonds. The molecule has 1 aliphatic rings. The molecule has 1 N–H and O–H groups in total. The Morgan fingerprint density at radius 1 is 1.06 bits per heavy atom. The van der Waals surface area contributed by atoms with E-state index in [-0.39, 0.29) is 11.6 Å². The van der Waals surface area contributed by atoms with Crippen LogP contribution in [0.1, 0.15) is 35.5 Å². The van der Waals surface area contributed by atoms with Crippen LogP contribution in [0.5, 0.6) is 5.75 Å². The van der Waals surface area contributed by atoms with Crippen LogP contribution in [-0.2, 0) is 13.0 Å². The lowest BCUT2D eigenvalue weighted by Gasteiger charge is -2.33. The molecule has 0 saturated heterocycles. The third kappa shape index (κ3) is 3.80. The zero-order valence-corrected chi connectivity index (χ0v) is 20.1. The average Bonchev–Trinajstić information content (AvgIpc) is 3.49. The largest absolute Gasteiger partial charge is 0.497 e. The summed E-state index contributed by atoms with van der Waals surface area (Å²) >= 11 is 0. The third-order valence-electron chi connectivity index (χ3n) is 6.89. The lowest BCUT2D eigenvalue weighted by Crippen LogP contribution is -2.38. The van der Waals surface area contributed by atoms with Crippen molar-refractivity contribution in [2.24, 2.45) is 0 Å². The molecular formula is C28H26N6O2. The summed E-state index contributed by atoms with van der Waals surface area (Å²) in [6, 6.07) is 25.6. The first-order valence-corrected chi connectivity index (χ1v) is 12.0. The molecule has 2 atom stereocenters. The number of para-hydroxylation sites is 1. The zero-order chi connectivity index (χ0) is 24.6. The molecule has 1 aliphatic heterocycles. The zero-order valence-electron chi connectivity index (χ0n) is 20.1. The average molecular weight is 479 g/mol. The van der Waals surface area contributed by atoms with Crippen molar-refractivity contribution in [3.05, 3.63) is 112 Å². The smallest absolute Gasteiger partial charge is 0.254 e. The molecule has 3 heterocycles. The molecule has 0 unspecified atom stereocenters. The minimum Gasteiger partial charge on any atom is -0.497 e. The minimum atomic E-state index is -0.485. The number of aromatic amines is 1. The van der Waals surface area contributed by atoms with Crippen LogP contribution in [0.25, 0.3) is 10.9 Å². The van der Waals surface area contributed by atoms with E-state index >= 15 is 0 Å². The van der Waals surface area contributed by atoms with E-state index in [1.165, 1.54) is 5.56 Å². The van der Waals surface area contributed by atoms with Gasteiger partial charge in [-0.15, -0.1) is 5.10 Å². The number of nitrogens with zero attached hydrogens (tertiary/aromatic N) is 5. The molecular weight excluding hydrogens is 452 g/mol. The van der Waals surface area contributed by atoms with Crippen LogP contribution >= 0.6 is 0 Å². The van der Waals surface area contributed by atoms with Crippen LogP contribution in [0.15, 0.2) is 83.7 Å². The molecule has 8 nitrogen and oxygen atoms in total. The quantitative estimate of drug-likeness (QED) is 0.395. The Balaban J connectivity index is 1.55. The number of rotatable bonds is 6. The lowest BCUT2D eigenvalue weighted by atomic mass is 10.0. The molecule has 3 aromatic carbocycles. The summed E-state index contributed by atoms with van der Waals surface area (Å²) in [4.78, 5) is 18.9. The predicted molar refractivity (Wildman–Crippen MR) is 138 cm³/mol. The fraction of sp³-hybridized carbons (Fsp3) is 0.214. The molecule has 0 spiro atoms. The minimum absolute atomic E-state index is 0.148. The summed E-state index contributed by atoms with van der Waals surface area (Å²) in [5.74, 6) is 1.35. The first kappa shape index (κ1) is 22.0. The van der Waals surface area contributed by atoms with Crippen LogP contribution in [-0.4, -0.2) is 38.3 Å². The highest BCUT2D eigenvalue weighted by Crippen LogP contribution is 2.40. The first-order valence-electron chi connectivity index (χ1n) is 12.0. The van der Waals surface area contributed by atoms with Gasteiger partial charge in [0.15, 0.2) is 5.82 Å². The number of ether oxygens (including phenoxy) is 1. The topological polar surface area (TPSA) is 88.9 Å². The summed E-state index contributed by atoms with van der Waals surface area (Å²) in [6.07, 6.45) is 0.881. The van der Waals surface area contributed by atoms with Gasteiger partial charge in [0, 0.05) is 28.2 Å². The number of fused-ring (bicyclic) bond motifs is 2. The highest BCUT2D eigenvalue weighted by molar-refractivity contribution is 5.81. The number of anilines is 1. The predicted octanol–water partition coefficient (Wildman–Crippen LogP) is 4.11. The summed E-state index contributed by atoms with van der Waals surface area (Å²) in [7, 11) is 1.64. The molecule has 8 heteroatoms. The Hall–Kier alpha value is -4.46. The molecule has 36 heavy (non-hydrogen) atoms. The van der Waals surface area contributed by atoms with E-state index in [0.29, 0.717) is 17.9 Å². The first-order chi connectivity index (χ1) is 17.6. The van der Waals surface area contributed by atoms with Gasteiger partial charge in [-0.3, -0.25) is 4.79 Å². The second kappa shape index (κ2) is 8.96. The highest BCUT2D eigenvalue weighted by atomic mass is 16.5. The SMILES string of the molecule is COc1ccc2[nH]c(=O)c([C@H](c3nnnn3Cc3ccccc3)N3c4ccccc4C[C@@H]3C)cc2c1. The summed E-state index contributed by atoms with van der Waals surface area (Å²) in [5.41, 5.74) is 4.59. The lowest BCUT2D eigenvalue weighted by molar-refractivity contribution is 0.415. The van der Waals surface area contributed by atoms with Crippen molar-refractivity contribution >= 4 is 16.6 Å². The van der Waals surface area contributed by atoms with Crippen molar-refractivity contribution in [3.8, 4) is 5.75 Å². The summed E-state index contributed by atoms with van der Waals surface area (Å²) in [6.45, 7) is 2.68. The van der Waals surface area contributed by atoms with Crippen molar-refractivity contribution in [3.63, 3.8) is 0 Å². The number of methoxy groups -OCH3 is 1. The monoisotopic (exact) mass is 478 g/mol. The van der Waals surface area contributed by atoms with Gasteiger partial charge in [0.05, 0.1) is 13.7 Å². The fourth-order valence-electron chi connectivity index (χ4n) is 5.20. The van der Waals surface area contributed by atoms with Gasteiger partial charge >= 0.3 is 0 Å². The Morgan fingerprint density at radius 3 is 2.69 bits per heavy atom. The number of tetrazole rings is 1. The molecule has 5 aromatic rings. The van der Waals surface area contributed by atoms with Crippen LogP contribution in [0.2, 0.25) is 0 Å². The third-order valence-corrected chi connectivity index (χ3v) is 6.89. The van der Waals surface area contributed by atoms with E-state index in [4.69, 9.17) is 4.74 Å². The van der Waals surface area contributed by atoms with Gasteiger partial charge in [-0.1, -0.05) is 48.5 Å². The van der Waals surface area contributed by atoms with E-state index in [9.17, 15) is 4.79 Å². The van der Waals surface area contributed by atoms with E-state index in [1.807, 2.05) is 60.7 Å². The van der Waals surface area contributed by atoms with Crippen molar-refractivity contribution in [1.82, 2.24) is 25.2 Å². The van der Waals surface area contributed by atoms with Crippen molar-refractivity contribution < 1.29 is 4.74 Å². The second-order valence-electron chi connectivity index (χ2n) is 9.18. The molecule has 180 valence electrons. The number of hydrogen-bond acceptors (Lipinski definition) is 6. The normalized spacial score (nSPS) is 15.7. The van der Waals surface area contributed by atoms with E-state index < -0.39 is 6.04 Å². The van der Waals surface area contributed by atoms with E-state index in [1.54, 1.807) is 11.8 Å². The van der Waals surface area contributed by atoms with Crippen LogP contribution < -0.4 is 15.2 Å². The molecule has 0 bridgehead atoms. The standard InChI is InChI=1S/C28H26N6O2/c1-18-14-20-10-6-7-11-25(20)34(18)26(27-30-31-32-33(27)17-19-8-4-3-5-9-19)23-16-21-15-22(36-2)12-13-24(21)29-28(23)35/h3-13,15-16,18,26H,14,17H2,1-2H3,(H,29,35)/t18-,26+/m0/s1. The molecule has 6 rings (SSSR count). The van der Waals surface area contributed by atoms with Gasteiger partial charge in [-0.25, -0.2) is 4.68 Å². The maximum atomic E-state index is 13.6. The Bertz CT molecular complexity index is 1590. The van der Waals surface area contributed by atoms with Crippen LogP contribution in [0, 0.1) is 0 Å². The molecule has 0 aliphatic carbocycles. The van der Waals surface area contributed by atoms with E-state index in [0.717, 1.165) is 34.3 Å². The fourth-order valence-corrected chi connectivity index (χ4v) is 5.20. The van der Waals surface area contributed by atoms with Crippen molar-refractivity contribution in [1.29, 1.82) is 0 Å². The number of hydrogen-bond donors (Lipinski definition) is 1. The van der Waals surface area contributed by atoms with Gasteiger partial charge in [-0.05, 0) is 65.2 Å². The number of nitrogens with one attached hydrogen (secondary N) is 1. The van der Waals surface area contributed by atoms with Gasteiger partial charge < -0.3 is 14.6 Å². The number of benzene rings is 3. The van der Waals surface area contributed by atoms with Crippen LogP contribution in [0.4, 0.5) is 5.69 Å². The molecule has 0 saturated carbocycles. The Labute approximate surface area is 208 Å². The molecule has 2 aromatic heterocycles. The van der Waals surface area contributed by atoms with Gasteiger partial charge in [0.1, 0.15) is 11.8 Å². The molecule has 0 radical (unpaired) electrons. The molecule has 0 fully saturated rings. The summed E-state index contributed by atoms with van der Waals surface area (Å²) < 4.78 is 7.23. The second-order valence-corrected chi connectivity index (χ2v) is 9.18. The Morgan fingerprint density at radius 2 is 1.86 bits per heavy atom. The van der Waals surface area contributed by atoms with Crippen LogP contribution in [0.3, 0.4) is 0 Å². The van der Waals surface area contributed by atoms with E-state index in [2.05, 4.69) is 50.5 Å². The van der Waals surface area contributed by atoms with Gasteiger partial charge in [0.2, 0.25) is 0 Å².